The zero-order valence-electron chi connectivity index (χ0n) is 11.0. The summed E-state index contributed by atoms with van der Waals surface area (Å²) in [5.74, 6) is 0. The van der Waals surface area contributed by atoms with Crippen LogP contribution in [0.5, 0.6) is 0 Å². The van der Waals surface area contributed by atoms with Crippen LogP contribution < -0.4 is 5.73 Å². The summed E-state index contributed by atoms with van der Waals surface area (Å²) in [5.41, 5.74) is 6.41. The normalized spacial score (nSPS) is 24.0. The van der Waals surface area contributed by atoms with Gasteiger partial charge < -0.3 is 5.73 Å². The van der Waals surface area contributed by atoms with Crippen molar-refractivity contribution in [2.75, 3.05) is 19.8 Å². The Morgan fingerprint density at radius 3 is 1.73 bits per heavy atom. The van der Waals surface area contributed by atoms with E-state index in [1.165, 1.54) is 0 Å². The van der Waals surface area contributed by atoms with Crippen LogP contribution in [0.1, 0.15) is 41.0 Å². The van der Waals surface area contributed by atoms with E-state index in [9.17, 15) is 0 Å². The minimum Gasteiger partial charge on any atom is -0.323 e. The molecule has 0 unspecified atom stereocenters. The van der Waals surface area contributed by atoms with Gasteiger partial charge in [0.2, 0.25) is 0 Å². The minimum atomic E-state index is -0.0210. The summed E-state index contributed by atoms with van der Waals surface area (Å²) in [7, 11) is 0. The van der Waals surface area contributed by atoms with E-state index in [4.69, 9.17) is 5.73 Å². The predicted molar refractivity (Wildman–Crippen MR) is 65.8 cm³/mol. The summed E-state index contributed by atoms with van der Waals surface area (Å²) in [6.45, 7) is 14.3. The Bertz CT molecular complexity index is 185. The van der Waals surface area contributed by atoms with Crippen LogP contribution in [0.25, 0.3) is 0 Å². The van der Waals surface area contributed by atoms with Crippen molar-refractivity contribution in [1.82, 2.24) is 9.80 Å². The van der Waals surface area contributed by atoms with Crippen LogP contribution >= 0.6 is 0 Å². The molecule has 3 heteroatoms. The molecule has 15 heavy (non-hydrogen) atoms. The molecular weight excluding hydrogens is 186 g/mol. The highest BCUT2D eigenvalue weighted by Crippen LogP contribution is 2.21. The van der Waals surface area contributed by atoms with Crippen molar-refractivity contribution in [3.63, 3.8) is 0 Å². The van der Waals surface area contributed by atoms with Crippen LogP contribution in [-0.4, -0.2) is 47.2 Å². The molecule has 0 aromatic rings. The van der Waals surface area contributed by atoms with Gasteiger partial charge >= 0.3 is 0 Å². The van der Waals surface area contributed by atoms with Gasteiger partial charge in [0.05, 0.1) is 6.67 Å². The maximum atomic E-state index is 6.43. The number of nitrogens with zero attached hydrogens (tertiary/aromatic N) is 2. The molecule has 0 atom stereocenters. The highest BCUT2D eigenvalue weighted by Gasteiger charge is 2.35. The molecule has 0 aliphatic carbocycles. The van der Waals surface area contributed by atoms with Gasteiger partial charge in [-0.1, -0.05) is 6.92 Å². The lowest BCUT2D eigenvalue weighted by molar-refractivity contribution is -0.00348. The Hall–Kier alpha value is -0.120. The molecule has 1 aliphatic heterocycles. The lowest BCUT2D eigenvalue weighted by atomic mass is 9.93. The zero-order valence-corrected chi connectivity index (χ0v) is 11.0. The van der Waals surface area contributed by atoms with Gasteiger partial charge in [0.1, 0.15) is 0 Å². The fourth-order valence-electron chi connectivity index (χ4n) is 2.11. The molecule has 0 spiro atoms. The van der Waals surface area contributed by atoms with Crippen molar-refractivity contribution in [2.45, 2.75) is 58.7 Å². The molecule has 1 heterocycles. The number of rotatable bonds is 3. The van der Waals surface area contributed by atoms with Gasteiger partial charge in [-0.25, -0.2) is 0 Å². The van der Waals surface area contributed by atoms with E-state index in [1.807, 2.05) is 0 Å². The number of nitrogens with two attached hydrogens (primary N) is 1. The third kappa shape index (κ3) is 3.16. The molecule has 90 valence electrons. The maximum Gasteiger partial charge on any atom is 0.0512 e. The molecule has 1 aliphatic rings. The molecule has 0 amide bonds. The van der Waals surface area contributed by atoms with Crippen LogP contribution in [-0.2, 0) is 0 Å². The zero-order chi connectivity index (χ0) is 11.6. The SMILES string of the molecule is CCC1(N)CN(C(C)C)CN(C(C)C)C1. The summed E-state index contributed by atoms with van der Waals surface area (Å²) < 4.78 is 0. The molecule has 0 bridgehead atoms. The highest BCUT2D eigenvalue weighted by atomic mass is 15.4. The van der Waals surface area contributed by atoms with Crippen LogP contribution in [0, 0.1) is 0 Å². The second-order valence-corrected chi connectivity index (χ2v) is 5.54. The summed E-state index contributed by atoms with van der Waals surface area (Å²) in [5, 5.41) is 0. The predicted octanol–water partition coefficient (Wildman–Crippen LogP) is 1.49. The molecule has 0 radical (unpaired) electrons. The van der Waals surface area contributed by atoms with Crippen LogP contribution in [0.2, 0.25) is 0 Å². The van der Waals surface area contributed by atoms with Gasteiger partial charge in [0.25, 0.3) is 0 Å². The lowest BCUT2D eigenvalue weighted by Gasteiger charge is -2.48. The van der Waals surface area contributed by atoms with Crippen LogP contribution in [0.4, 0.5) is 0 Å². The second kappa shape index (κ2) is 4.81. The topological polar surface area (TPSA) is 32.5 Å². The molecule has 0 aromatic heterocycles. The first-order valence-corrected chi connectivity index (χ1v) is 6.15. The first-order valence-electron chi connectivity index (χ1n) is 6.15. The maximum absolute atomic E-state index is 6.43. The van der Waals surface area contributed by atoms with Gasteiger partial charge in [-0.15, -0.1) is 0 Å². The molecule has 3 nitrogen and oxygen atoms in total. The van der Waals surface area contributed by atoms with Gasteiger partial charge in [0, 0.05) is 30.7 Å². The Labute approximate surface area is 94.6 Å². The number of hydrogen-bond acceptors (Lipinski definition) is 3. The summed E-state index contributed by atoms with van der Waals surface area (Å²) in [6, 6.07) is 1.17. The first kappa shape index (κ1) is 12.9. The largest absolute Gasteiger partial charge is 0.323 e. The van der Waals surface area contributed by atoms with Crippen molar-refractivity contribution in [3.05, 3.63) is 0 Å². The van der Waals surface area contributed by atoms with Gasteiger partial charge in [-0.05, 0) is 34.1 Å². The molecule has 0 saturated carbocycles. The van der Waals surface area contributed by atoms with E-state index in [0.29, 0.717) is 12.1 Å². The number of hydrogen-bond donors (Lipinski definition) is 1. The van der Waals surface area contributed by atoms with Crippen molar-refractivity contribution in [3.8, 4) is 0 Å². The van der Waals surface area contributed by atoms with Gasteiger partial charge in [0.15, 0.2) is 0 Å². The van der Waals surface area contributed by atoms with E-state index >= 15 is 0 Å². The standard InChI is InChI=1S/C12H27N3/c1-6-12(13)7-14(10(2)3)9-15(8-12)11(4)5/h10-11H,6-9,13H2,1-5H3. The van der Waals surface area contributed by atoms with Gasteiger partial charge in [-0.2, -0.15) is 0 Å². The Balaban J connectivity index is 2.73. The summed E-state index contributed by atoms with van der Waals surface area (Å²) in [6.07, 6.45) is 1.06. The Morgan fingerprint density at radius 1 is 1.07 bits per heavy atom. The van der Waals surface area contributed by atoms with Crippen molar-refractivity contribution in [1.29, 1.82) is 0 Å². The third-order valence-corrected chi connectivity index (χ3v) is 3.56. The minimum absolute atomic E-state index is 0.0210. The van der Waals surface area contributed by atoms with Crippen molar-refractivity contribution >= 4 is 0 Å². The van der Waals surface area contributed by atoms with Crippen molar-refractivity contribution in [2.24, 2.45) is 5.73 Å². The lowest BCUT2D eigenvalue weighted by Crippen LogP contribution is -2.66. The Morgan fingerprint density at radius 2 is 1.47 bits per heavy atom. The quantitative estimate of drug-likeness (QED) is 0.771. The van der Waals surface area contributed by atoms with Crippen molar-refractivity contribution < 1.29 is 0 Å². The molecular formula is C12H27N3. The monoisotopic (exact) mass is 213 g/mol. The smallest absolute Gasteiger partial charge is 0.0512 e. The summed E-state index contributed by atoms with van der Waals surface area (Å²) >= 11 is 0. The average Bonchev–Trinajstić information content (AvgIpc) is 2.17. The molecule has 0 aromatic carbocycles. The van der Waals surface area contributed by atoms with E-state index in [1.54, 1.807) is 0 Å². The van der Waals surface area contributed by atoms with E-state index in [-0.39, 0.29) is 5.54 Å². The van der Waals surface area contributed by atoms with E-state index in [2.05, 4.69) is 44.4 Å². The van der Waals surface area contributed by atoms with Crippen LogP contribution in [0.15, 0.2) is 0 Å². The molecule has 2 N–H and O–H groups in total. The molecule has 1 fully saturated rings. The first-order chi connectivity index (χ1) is 6.88. The van der Waals surface area contributed by atoms with Crippen LogP contribution in [0.3, 0.4) is 0 Å². The Kier molecular flexibility index (Phi) is 4.15. The van der Waals surface area contributed by atoms with E-state index in [0.717, 1.165) is 26.2 Å². The molecule has 1 rings (SSSR count). The molecule has 1 saturated heterocycles. The fourth-order valence-corrected chi connectivity index (χ4v) is 2.11. The summed E-state index contributed by atoms with van der Waals surface area (Å²) in [4.78, 5) is 4.96. The fraction of sp³-hybridized carbons (Fsp3) is 1.00. The average molecular weight is 213 g/mol. The van der Waals surface area contributed by atoms with E-state index < -0.39 is 0 Å². The second-order valence-electron chi connectivity index (χ2n) is 5.54. The third-order valence-electron chi connectivity index (χ3n) is 3.56. The highest BCUT2D eigenvalue weighted by molar-refractivity contribution is 4.94. The van der Waals surface area contributed by atoms with Gasteiger partial charge in [-0.3, -0.25) is 9.80 Å².